The van der Waals surface area contributed by atoms with Gasteiger partial charge in [0.25, 0.3) is 0 Å². The van der Waals surface area contributed by atoms with Gasteiger partial charge in [0.2, 0.25) is 5.91 Å². The van der Waals surface area contributed by atoms with E-state index >= 15 is 0 Å². The molecule has 3 rings (SSSR count). The monoisotopic (exact) mass is 334 g/mol. The number of ether oxygens (including phenoxy) is 2. The van der Waals surface area contributed by atoms with Crippen molar-refractivity contribution in [1.29, 1.82) is 0 Å². The number of rotatable bonds is 5. The third-order valence-electron chi connectivity index (χ3n) is 4.18. The zero-order chi connectivity index (χ0) is 17.4. The van der Waals surface area contributed by atoms with E-state index in [2.05, 4.69) is 30.2 Å². The molecule has 1 aromatic rings. The maximum atomic E-state index is 11.7. The summed E-state index contributed by atoms with van der Waals surface area (Å²) in [7, 11) is 1.70. The van der Waals surface area contributed by atoms with Crippen LogP contribution in [0.1, 0.15) is 57.4 Å². The lowest BCUT2D eigenvalue weighted by molar-refractivity contribution is -0.117. The van der Waals surface area contributed by atoms with Gasteiger partial charge in [-0.15, -0.1) is 0 Å². The van der Waals surface area contributed by atoms with Gasteiger partial charge >= 0.3 is 0 Å². The zero-order valence-corrected chi connectivity index (χ0v) is 15.1. The molecule has 0 bridgehead atoms. The summed E-state index contributed by atoms with van der Waals surface area (Å²) in [6.45, 7) is 5.65. The lowest BCUT2D eigenvalue weighted by atomic mass is 9.90. The number of pyridine rings is 1. The van der Waals surface area contributed by atoms with Gasteiger partial charge in [0.15, 0.2) is 0 Å². The number of anilines is 1. The Hall–Kier alpha value is -1.46. The van der Waals surface area contributed by atoms with Crippen LogP contribution < -0.4 is 5.32 Å². The molecule has 1 aliphatic carbocycles. The Morgan fingerprint density at radius 3 is 2.67 bits per heavy atom. The summed E-state index contributed by atoms with van der Waals surface area (Å²) in [6.07, 6.45) is 7.28. The minimum atomic E-state index is 0.0986. The van der Waals surface area contributed by atoms with E-state index in [4.69, 9.17) is 9.47 Å². The molecule has 0 aromatic carbocycles. The van der Waals surface area contributed by atoms with Gasteiger partial charge in [-0.25, -0.2) is 4.98 Å². The fraction of sp³-hybridized carbons (Fsp3) is 0.684. The average molecular weight is 334 g/mol. The van der Waals surface area contributed by atoms with Crippen molar-refractivity contribution < 1.29 is 14.3 Å². The van der Waals surface area contributed by atoms with Gasteiger partial charge in [-0.3, -0.25) is 4.79 Å². The summed E-state index contributed by atoms with van der Waals surface area (Å²) in [5.74, 6) is 1.41. The first-order valence-corrected chi connectivity index (χ1v) is 9.05. The first kappa shape index (κ1) is 18.9. The van der Waals surface area contributed by atoms with Gasteiger partial charge in [0, 0.05) is 25.8 Å². The molecule has 2 heterocycles. The van der Waals surface area contributed by atoms with Crippen LogP contribution in [-0.4, -0.2) is 37.3 Å². The van der Waals surface area contributed by atoms with Crippen molar-refractivity contribution in [2.24, 2.45) is 5.92 Å². The van der Waals surface area contributed by atoms with Gasteiger partial charge in [-0.05, 0) is 43.2 Å². The zero-order valence-electron chi connectivity index (χ0n) is 15.1. The van der Waals surface area contributed by atoms with Crippen molar-refractivity contribution in [3.63, 3.8) is 0 Å². The SMILES string of the molecule is CCC.COCC1CC(c2ccc(NC(=O)C3CC3)nc2)CCO1. The molecule has 2 aliphatic rings. The van der Waals surface area contributed by atoms with E-state index in [-0.39, 0.29) is 17.9 Å². The standard InChI is InChI=1S/C16H22N2O3.C3H8/c1-20-10-14-8-12(6-7-21-14)13-4-5-15(17-9-13)18-16(19)11-2-3-11;1-3-2/h4-5,9,11-12,14H,2-3,6-8,10H2,1H3,(H,17,18,19);3H2,1-2H3. The van der Waals surface area contributed by atoms with Crippen LogP contribution in [0.2, 0.25) is 0 Å². The summed E-state index contributed by atoms with van der Waals surface area (Å²) in [4.78, 5) is 16.1. The first-order valence-electron chi connectivity index (χ1n) is 9.05. The summed E-state index contributed by atoms with van der Waals surface area (Å²) < 4.78 is 10.8. The van der Waals surface area contributed by atoms with Crippen LogP contribution in [0.3, 0.4) is 0 Å². The minimum Gasteiger partial charge on any atom is -0.382 e. The van der Waals surface area contributed by atoms with Crippen molar-refractivity contribution in [3.05, 3.63) is 23.9 Å². The van der Waals surface area contributed by atoms with E-state index < -0.39 is 0 Å². The quantitative estimate of drug-likeness (QED) is 0.891. The highest BCUT2D eigenvalue weighted by Gasteiger charge is 2.30. The Morgan fingerprint density at radius 1 is 1.33 bits per heavy atom. The third-order valence-corrected chi connectivity index (χ3v) is 4.18. The molecule has 5 nitrogen and oxygen atoms in total. The second kappa shape index (κ2) is 9.74. The van der Waals surface area contributed by atoms with E-state index in [1.165, 1.54) is 12.0 Å². The van der Waals surface area contributed by atoms with Gasteiger partial charge in [0.05, 0.1) is 12.7 Å². The van der Waals surface area contributed by atoms with Crippen molar-refractivity contribution in [3.8, 4) is 0 Å². The fourth-order valence-electron chi connectivity index (χ4n) is 2.78. The fourth-order valence-corrected chi connectivity index (χ4v) is 2.78. The van der Waals surface area contributed by atoms with Crippen LogP contribution in [0, 0.1) is 5.92 Å². The molecule has 1 amide bonds. The number of aromatic nitrogens is 1. The molecule has 1 saturated carbocycles. The van der Waals surface area contributed by atoms with Gasteiger partial charge in [0.1, 0.15) is 5.82 Å². The Morgan fingerprint density at radius 2 is 2.08 bits per heavy atom. The summed E-state index contributed by atoms with van der Waals surface area (Å²) in [5.41, 5.74) is 1.21. The molecule has 1 saturated heterocycles. The molecule has 0 radical (unpaired) electrons. The Labute approximate surface area is 145 Å². The second-order valence-corrected chi connectivity index (χ2v) is 6.62. The Balaban J connectivity index is 0.000000647. The highest BCUT2D eigenvalue weighted by Crippen LogP contribution is 2.31. The lowest BCUT2D eigenvalue weighted by Gasteiger charge is -2.29. The van der Waals surface area contributed by atoms with E-state index in [0.717, 1.165) is 32.3 Å². The molecular weight excluding hydrogens is 304 g/mol. The predicted octanol–water partition coefficient (Wildman–Crippen LogP) is 3.76. The highest BCUT2D eigenvalue weighted by atomic mass is 16.5. The minimum absolute atomic E-state index is 0.0986. The Kier molecular flexibility index (Phi) is 7.66. The van der Waals surface area contributed by atoms with Gasteiger partial charge in [-0.1, -0.05) is 26.3 Å². The molecular formula is C19H30N2O3. The lowest BCUT2D eigenvalue weighted by Crippen LogP contribution is -2.28. The average Bonchev–Trinajstić information content (AvgIpc) is 3.42. The largest absolute Gasteiger partial charge is 0.382 e. The number of nitrogens with zero attached hydrogens (tertiary/aromatic N) is 1. The van der Waals surface area contributed by atoms with Gasteiger partial charge < -0.3 is 14.8 Å². The van der Waals surface area contributed by atoms with E-state index in [1.54, 1.807) is 7.11 Å². The second-order valence-electron chi connectivity index (χ2n) is 6.62. The van der Waals surface area contributed by atoms with Crippen LogP contribution in [0.4, 0.5) is 5.82 Å². The normalized spacial score (nSPS) is 23.1. The number of methoxy groups -OCH3 is 1. The number of hydrogen-bond donors (Lipinski definition) is 1. The van der Waals surface area contributed by atoms with Crippen LogP contribution in [0.5, 0.6) is 0 Å². The number of carbonyl (C=O) groups is 1. The molecule has 1 aliphatic heterocycles. The molecule has 5 heteroatoms. The number of carbonyl (C=O) groups excluding carboxylic acids is 1. The van der Waals surface area contributed by atoms with Gasteiger partial charge in [-0.2, -0.15) is 0 Å². The molecule has 2 fully saturated rings. The molecule has 2 atom stereocenters. The molecule has 134 valence electrons. The number of nitrogens with one attached hydrogen (secondary N) is 1. The maximum Gasteiger partial charge on any atom is 0.228 e. The van der Waals surface area contributed by atoms with E-state index in [1.807, 2.05) is 12.3 Å². The summed E-state index contributed by atoms with van der Waals surface area (Å²) in [5, 5.41) is 2.87. The third kappa shape index (κ3) is 5.87. The number of amides is 1. The molecule has 2 unspecified atom stereocenters. The first-order chi connectivity index (χ1) is 11.7. The van der Waals surface area contributed by atoms with Crippen LogP contribution in [0.25, 0.3) is 0 Å². The predicted molar refractivity (Wildman–Crippen MR) is 95.1 cm³/mol. The smallest absolute Gasteiger partial charge is 0.228 e. The van der Waals surface area contributed by atoms with Crippen molar-refractivity contribution in [2.75, 3.05) is 25.6 Å². The van der Waals surface area contributed by atoms with Crippen LogP contribution in [0.15, 0.2) is 18.3 Å². The van der Waals surface area contributed by atoms with Crippen molar-refractivity contribution >= 4 is 11.7 Å². The summed E-state index contributed by atoms with van der Waals surface area (Å²) >= 11 is 0. The van der Waals surface area contributed by atoms with Crippen molar-refractivity contribution in [2.45, 2.75) is 58.0 Å². The van der Waals surface area contributed by atoms with E-state index in [0.29, 0.717) is 18.3 Å². The molecule has 1 aromatic heterocycles. The molecule has 1 N–H and O–H groups in total. The van der Waals surface area contributed by atoms with Crippen LogP contribution in [-0.2, 0) is 14.3 Å². The summed E-state index contributed by atoms with van der Waals surface area (Å²) in [6, 6.07) is 3.96. The van der Waals surface area contributed by atoms with Crippen molar-refractivity contribution in [1.82, 2.24) is 4.98 Å². The van der Waals surface area contributed by atoms with Crippen LogP contribution >= 0.6 is 0 Å². The highest BCUT2D eigenvalue weighted by molar-refractivity contribution is 5.93. The topological polar surface area (TPSA) is 60.5 Å². The Bertz CT molecular complexity index is 498. The van der Waals surface area contributed by atoms with E-state index in [9.17, 15) is 4.79 Å². The molecule has 0 spiro atoms. The maximum absolute atomic E-state index is 11.7. The number of hydrogen-bond acceptors (Lipinski definition) is 4. The molecule has 24 heavy (non-hydrogen) atoms.